The van der Waals surface area contributed by atoms with Crippen molar-refractivity contribution in [2.24, 2.45) is 5.92 Å². The van der Waals surface area contributed by atoms with Crippen molar-refractivity contribution in [1.29, 1.82) is 0 Å². The molecule has 0 bridgehead atoms. The number of hydrogen-bond acceptors (Lipinski definition) is 6. The normalized spacial score (nSPS) is 17.0. The van der Waals surface area contributed by atoms with Crippen molar-refractivity contribution < 1.29 is 29.0 Å². The fourth-order valence-electron chi connectivity index (χ4n) is 5.19. The molecule has 9 nitrogen and oxygen atoms in total. The van der Waals surface area contributed by atoms with Crippen LogP contribution in [0.15, 0.2) is 72.8 Å². The van der Waals surface area contributed by atoms with E-state index in [0.29, 0.717) is 37.6 Å². The van der Waals surface area contributed by atoms with Crippen molar-refractivity contribution in [3.63, 3.8) is 0 Å². The van der Waals surface area contributed by atoms with Gasteiger partial charge in [-0.1, -0.05) is 62.4 Å². The van der Waals surface area contributed by atoms with Crippen LogP contribution in [0.3, 0.4) is 0 Å². The molecule has 3 aromatic rings. The van der Waals surface area contributed by atoms with Crippen LogP contribution in [0.25, 0.3) is 0 Å². The third-order valence-electron chi connectivity index (χ3n) is 7.08. The van der Waals surface area contributed by atoms with Crippen LogP contribution in [-0.4, -0.2) is 52.4 Å². The van der Waals surface area contributed by atoms with Crippen molar-refractivity contribution in [2.75, 3.05) is 13.3 Å². The summed E-state index contributed by atoms with van der Waals surface area (Å²) in [6.07, 6.45) is 0.521. The predicted octanol–water partition coefficient (Wildman–Crippen LogP) is 4.37. The summed E-state index contributed by atoms with van der Waals surface area (Å²) in [4.78, 5) is 29.7. The molecule has 2 atom stereocenters. The summed E-state index contributed by atoms with van der Waals surface area (Å²) in [6, 6.07) is 22.0. The maximum atomic E-state index is 13.7. The Kier molecular flexibility index (Phi) is 7.88. The Morgan fingerprint density at radius 3 is 2.44 bits per heavy atom. The highest BCUT2D eigenvalue weighted by molar-refractivity contribution is 5.88. The molecule has 2 N–H and O–H groups in total. The molecule has 1 saturated heterocycles. The molecular weight excluding hydrogens is 498 g/mol. The number of urea groups is 1. The molecule has 2 unspecified atom stereocenters. The number of rotatable bonds is 10. The molecule has 204 valence electrons. The van der Waals surface area contributed by atoms with E-state index in [2.05, 4.69) is 0 Å². The van der Waals surface area contributed by atoms with Gasteiger partial charge in [-0.2, -0.15) is 0 Å². The number of ether oxygens (including phenoxy) is 3. The molecule has 2 aliphatic rings. The summed E-state index contributed by atoms with van der Waals surface area (Å²) in [5.41, 5.74) is 4.76. The number of amides is 3. The van der Waals surface area contributed by atoms with Crippen LogP contribution in [0.1, 0.15) is 30.5 Å². The maximum absolute atomic E-state index is 13.7. The molecule has 0 saturated carbocycles. The van der Waals surface area contributed by atoms with Crippen LogP contribution in [0.2, 0.25) is 0 Å². The lowest BCUT2D eigenvalue weighted by atomic mass is 9.98. The summed E-state index contributed by atoms with van der Waals surface area (Å²) < 4.78 is 16.8. The zero-order chi connectivity index (χ0) is 27.4. The average molecular weight is 532 g/mol. The molecule has 2 aliphatic heterocycles. The topological polar surface area (TPSA) is 101 Å². The zero-order valence-electron chi connectivity index (χ0n) is 22.1. The number of hydroxylamine groups is 1. The van der Waals surface area contributed by atoms with Crippen molar-refractivity contribution in [3.8, 4) is 17.2 Å². The van der Waals surface area contributed by atoms with Crippen molar-refractivity contribution >= 4 is 11.9 Å². The Labute approximate surface area is 227 Å². The van der Waals surface area contributed by atoms with Gasteiger partial charge in [-0.25, -0.2) is 10.3 Å². The van der Waals surface area contributed by atoms with Crippen molar-refractivity contribution in [2.45, 2.75) is 45.5 Å². The molecule has 1 fully saturated rings. The van der Waals surface area contributed by atoms with Gasteiger partial charge in [-0.05, 0) is 53.3 Å². The number of hydrogen-bond donors (Lipinski definition) is 2. The second kappa shape index (κ2) is 11.7. The van der Waals surface area contributed by atoms with Crippen LogP contribution < -0.4 is 19.7 Å². The summed E-state index contributed by atoms with van der Waals surface area (Å²) in [6.45, 7) is 5.20. The zero-order valence-corrected chi connectivity index (χ0v) is 22.1. The largest absolute Gasteiger partial charge is 0.489 e. The average Bonchev–Trinajstić information content (AvgIpc) is 3.53. The molecule has 0 aromatic heterocycles. The van der Waals surface area contributed by atoms with E-state index < -0.39 is 11.9 Å². The van der Waals surface area contributed by atoms with E-state index in [1.165, 1.54) is 0 Å². The molecule has 0 aliphatic carbocycles. The number of carbonyl (C=O) groups is 2. The first-order chi connectivity index (χ1) is 18.9. The molecular formula is C30H33N3O6. The highest BCUT2D eigenvalue weighted by Gasteiger charge is 2.45. The molecule has 9 heteroatoms. The van der Waals surface area contributed by atoms with Gasteiger partial charge in [0.2, 0.25) is 6.79 Å². The van der Waals surface area contributed by atoms with E-state index >= 15 is 0 Å². The molecule has 0 radical (unpaired) electrons. The van der Waals surface area contributed by atoms with Crippen LogP contribution >= 0.6 is 0 Å². The molecule has 3 aromatic carbocycles. The van der Waals surface area contributed by atoms with E-state index in [4.69, 9.17) is 14.2 Å². The lowest BCUT2D eigenvalue weighted by Crippen LogP contribution is -2.53. The molecule has 2 heterocycles. The quantitative estimate of drug-likeness (QED) is 0.298. The molecule has 0 spiro atoms. The van der Waals surface area contributed by atoms with Gasteiger partial charge in [0.15, 0.2) is 11.5 Å². The highest BCUT2D eigenvalue weighted by atomic mass is 16.7. The Bertz CT molecular complexity index is 1300. The van der Waals surface area contributed by atoms with Crippen LogP contribution in [-0.2, 0) is 24.4 Å². The van der Waals surface area contributed by atoms with Gasteiger partial charge in [0.25, 0.3) is 5.91 Å². The summed E-state index contributed by atoms with van der Waals surface area (Å²) in [7, 11) is 0. The minimum absolute atomic E-state index is 0.183. The van der Waals surface area contributed by atoms with Crippen LogP contribution in [0, 0.1) is 5.92 Å². The van der Waals surface area contributed by atoms with Gasteiger partial charge in [0, 0.05) is 13.1 Å². The smallest absolute Gasteiger partial charge is 0.321 e. The van der Waals surface area contributed by atoms with E-state index in [1.54, 1.807) is 15.3 Å². The fourth-order valence-corrected chi connectivity index (χ4v) is 5.19. The van der Waals surface area contributed by atoms with Gasteiger partial charge >= 0.3 is 6.03 Å². The minimum Gasteiger partial charge on any atom is -0.489 e. The lowest BCUT2D eigenvalue weighted by molar-refractivity contribution is -0.135. The minimum atomic E-state index is -0.819. The lowest BCUT2D eigenvalue weighted by Gasteiger charge is -2.33. The van der Waals surface area contributed by atoms with Gasteiger partial charge in [0.1, 0.15) is 18.4 Å². The van der Waals surface area contributed by atoms with Gasteiger partial charge in [-0.15, -0.1) is 0 Å². The Hall–Kier alpha value is -4.24. The first-order valence-corrected chi connectivity index (χ1v) is 13.1. The van der Waals surface area contributed by atoms with Gasteiger partial charge in [-0.3, -0.25) is 10.0 Å². The standard InChI is InChI=1S/C30H33N3O6/c1-20(2)28(29(34)31-36)33-24(14-23-10-13-26-27(15-23)39-19-38-26)17-32(30(33)35)16-21-8-11-25(12-9-21)37-18-22-6-4-3-5-7-22/h3-13,15,20,24,28,36H,14,16-19H2,1-2H3,(H,31,34). The van der Waals surface area contributed by atoms with Crippen LogP contribution in [0.5, 0.6) is 17.2 Å². The number of nitrogens with zero attached hydrogens (tertiary/aromatic N) is 2. The van der Waals surface area contributed by atoms with Crippen LogP contribution in [0.4, 0.5) is 4.79 Å². The first-order valence-electron chi connectivity index (χ1n) is 13.1. The van der Waals surface area contributed by atoms with Crippen molar-refractivity contribution in [1.82, 2.24) is 15.3 Å². The maximum Gasteiger partial charge on any atom is 0.321 e. The number of carbonyl (C=O) groups excluding carboxylic acids is 2. The molecule has 3 amide bonds. The number of nitrogens with one attached hydrogen (secondary N) is 1. The third-order valence-corrected chi connectivity index (χ3v) is 7.08. The molecule has 39 heavy (non-hydrogen) atoms. The highest BCUT2D eigenvalue weighted by Crippen LogP contribution is 2.34. The first kappa shape index (κ1) is 26.4. The SMILES string of the molecule is CC(C)C(C(=O)NO)N1C(=O)N(Cc2ccc(OCc3ccccc3)cc2)CC1Cc1ccc2c(c1)OCO2. The fraction of sp³-hybridized carbons (Fsp3) is 0.333. The Morgan fingerprint density at radius 1 is 1.00 bits per heavy atom. The summed E-state index contributed by atoms with van der Waals surface area (Å²) >= 11 is 0. The predicted molar refractivity (Wildman–Crippen MR) is 143 cm³/mol. The summed E-state index contributed by atoms with van der Waals surface area (Å²) in [5, 5.41) is 9.43. The van der Waals surface area contributed by atoms with Gasteiger partial charge in [0.05, 0.1) is 6.04 Å². The van der Waals surface area contributed by atoms with E-state index in [1.807, 2.05) is 86.6 Å². The van der Waals surface area contributed by atoms with E-state index in [9.17, 15) is 14.8 Å². The molecule has 5 rings (SSSR count). The number of fused-ring (bicyclic) bond motifs is 1. The second-order valence-electron chi connectivity index (χ2n) is 10.2. The third kappa shape index (κ3) is 5.93. The number of benzene rings is 3. The van der Waals surface area contributed by atoms with Gasteiger partial charge < -0.3 is 24.0 Å². The van der Waals surface area contributed by atoms with E-state index in [-0.39, 0.29) is 24.8 Å². The van der Waals surface area contributed by atoms with Crippen molar-refractivity contribution in [3.05, 3.63) is 89.5 Å². The summed E-state index contributed by atoms with van der Waals surface area (Å²) in [5.74, 6) is 1.30. The second-order valence-corrected chi connectivity index (χ2v) is 10.2. The Balaban J connectivity index is 1.31. The monoisotopic (exact) mass is 531 g/mol. The Morgan fingerprint density at radius 2 is 1.72 bits per heavy atom. The van der Waals surface area contributed by atoms with E-state index in [0.717, 1.165) is 22.4 Å².